The number of rotatable bonds is 0. The molecule has 4 heteroatoms. The molecule has 1 saturated carbocycles. The number of hydrogen-bond donors (Lipinski definition) is 1. The van der Waals surface area contributed by atoms with E-state index in [1.54, 1.807) is 0 Å². The maximum atomic E-state index is 11.1. The molecule has 0 heterocycles. The Morgan fingerprint density at radius 1 is 1.50 bits per heavy atom. The number of hydrogen-bond acceptors (Lipinski definition) is 1. The zero-order valence-corrected chi connectivity index (χ0v) is 4.05. The Bertz CT molecular complexity index is 70.4. The van der Waals surface area contributed by atoms with Gasteiger partial charge in [0.25, 0.3) is 6.47 Å². The van der Waals surface area contributed by atoms with Gasteiger partial charge in [0.05, 0.1) is 0 Å². The van der Waals surface area contributed by atoms with Gasteiger partial charge in [0.2, 0.25) is 0 Å². The lowest BCUT2D eigenvalue weighted by Crippen LogP contribution is -1.68. The molecular formula is C4H6F2O2. The Hall–Kier alpha value is -0.670. The van der Waals surface area contributed by atoms with E-state index in [2.05, 4.69) is 0 Å². The van der Waals surface area contributed by atoms with Crippen LogP contribution in [0.5, 0.6) is 0 Å². The zero-order chi connectivity index (χ0) is 6.57. The third-order valence-corrected chi connectivity index (χ3v) is 0.640. The Labute approximate surface area is 45.1 Å². The minimum atomic E-state index is -1.12. The van der Waals surface area contributed by atoms with Crippen molar-refractivity contribution in [3.63, 3.8) is 0 Å². The van der Waals surface area contributed by atoms with Crippen LogP contribution in [0.3, 0.4) is 0 Å². The molecule has 0 aromatic heterocycles. The molecule has 2 nitrogen and oxygen atoms in total. The summed E-state index contributed by atoms with van der Waals surface area (Å²) in [5.74, 6) is 0. The molecule has 48 valence electrons. The van der Waals surface area contributed by atoms with E-state index in [1.165, 1.54) is 0 Å². The van der Waals surface area contributed by atoms with Crippen molar-refractivity contribution in [1.29, 1.82) is 0 Å². The first-order chi connectivity index (χ1) is 3.72. The van der Waals surface area contributed by atoms with Gasteiger partial charge >= 0.3 is 0 Å². The van der Waals surface area contributed by atoms with Gasteiger partial charge in [-0.1, -0.05) is 0 Å². The highest BCUT2D eigenvalue weighted by atomic mass is 19.2. The highest BCUT2D eigenvalue weighted by Crippen LogP contribution is 2.28. The van der Waals surface area contributed by atoms with E-state index in [4.69, 9.17) is 9.90 Å². The van der Waals surface area contributed by atoms with Crippen molar-refractivity contribution < 1.29 is 18.7 Å². The van der Waals surface area contributed by atoms with Gasteiger partial charge in [-0.3, -0.25) is 4.79 Å². The Balaban J connectivity index is 0.000000145. The van der Waals surface area contributed by atoms with Crippen LogP contribution in [0.2, 0.25) is 0 Å². The zero-order valence-electron chi connectivity index (χ0n) is 4.05. The maximum Gasteiger partial charge on any atom is 0.290 e. The standard InChI is InChI=1S/C3H4F2.CH2O2/c4-2-1-3(2)5;2-1-3/h2-3H,1H2;1H,(H,2,3). The fourth-order valence-corrected chi connectivity index (χ4v) is 0.137. The van der Waals surface area contributed by atoms with Crippen LogP contribution in [-0.4, -0.2) is 23.9 Å². The predicted octanol–water partition coefficient (Wildman–Crippen LogP) is 0.767. The molecule has 2 atom stereocenters. The van der Waals surface area contributed by atoms with Gasteiger partial charge in [-0.15, -0.1) is 0 Å². The molecule has 1 aliphatic carbocycles. The second-order valence-corrected chi connectivity index (χ2v) is 1.37. The SMILES string of the molecule is FC1CC1F.O=CO. The van der Waals surface area contributed by atoms with Gasteiger partial charge in [0.1, 0.15) is 12.3 Å². The molecule has 2 unspecified atom stereocenters. The molecule has 0 amide bonds. The van der Waals surface area contributed by atoms with E-state index < -0.39 is 12.3 Å². The minimum Gasteiger partial charge on any atom is -0.483 e. The molecule has 0 saturated heterocycles. The van der Waals surface area contributed by atoms with Gasteiger partial charge in [-0.2, -0.15) is 0 Å². The summed E-state index contributed by atoms with van der Waals surface area (Å²) in [5, 5.41) is 6.89. The monoisotopic (exact) mass is 124 g/mol. The summed E-state index contributed by atoms with van der Waals surface area (Å²) < 4.78 is 22.3. The van der Waals surface area contributed by atoms with Gasteiger partial charge in [-0.05, 0) is 0 Å². The topological polar surface area (TPSA) is 37.3 Å². The van der Waals surface area contributed by atoms with Crippen molar-refractivity contribution in [2.75, 3.05) is 0 Å². The largest absolute Gasteiger partial charge is 0.483 e. The van der Waals surface area contributed by atoms with E-state index >= 15 is 0 Å². The van der Waals surface area contributed by atoms with Crippen molar-refractivity contribution in [1.82, 2.24) is 0 Å². The Kier molecular flexibility index (Phi) is 3.07. The van der Waals surface area contributed by atoms with E-state index in [9.17, 15) is 8.78 Å². The van der Waals surface area contributed by atoms with Crippen LogP contribution >= 0.6 is 0 Å². The van der Waals surface area contributed by atoms with Crippen molar-refractivity contribution in [2.24, 2.45) is 0 Å². The highest BCUT2D eigenvalue weighted by molar-refractivity contribution is 5.32. The molecule has 0 spiro atoms. The fourth-order valence-electron chi connectivity index (χ4n) is 0.137. The summed E-state index contributed by atoms with van der Waals surface area (Å²) in [7, 11) is 0. The summed E-state index contributed by atoms with van der Waals surface area (Å²) in [6.07, 6.45) is -2.09. The van der Waals surface area contributed by atoms with Crippen LogP contribution in [0.25, 0.3) is 0 Å². The molecule has 0 bridgehead atoms. The summed E-state index contributed by atoms with van der Waals surface area (Å²) in [4.78, 5) is 8.36. The van der Waals surface area contributed by atoms with Crippen molar-refractivity contribution >= 4 is 6.47 Å². The molecule has 8 heavy (non-hydrogen) atoms. The van der Waals surface area contributed by atoms with Crippen molar-refractivity contribution in [2.45, 2.75) is 18.8 Å². The summed E-state index contributed by atoms with van der Waals surface area (Å²) in [6.45, 7) is -0.250. The minimum absolute atomic E-state index is 0.139. The molecule has 1 aliphatic rings. The first kappa shape index (κ1) is 7.33. The summed E-state index contributed by atoms with van der Waals surface area (Å²) in [6, 6.07) is 0. The van der Waals surface area contributed by atoms with E-state index in [0.717, 1.165) is 0 Å². The molecular weight excluding hydrogens is 118 g/mol. The average Bonchev–Trinajstić information content (AvgIpc) is 2.22. The van der Waals surface area contributed by atoms with Gasteiger partial charge in [-0.25, -0.2) is 8.78 Å². The van der Waals surface area contributed by atoms with Crippen molar-refractivity contribution in [3.8, 4) is 0 Å². The van der Waals surface area contributed by atoms with Crippen molar-refractivity contribution in [3.05, 3.63) is 0 Å². The smallest absolute Gasteiger partial charge is 0.290 e. The van der Waals surface area contributed by atoms with E-state index in [-0.39, 0.29) is 12.9 Å². The average molecular weight is 124 g/mol. The third-order valence-electron chi connectivity index (χ3n) is 0.640. The van der Waals surface area contributed by atoms with E-state index in [1.807, 2.05) is 0 Å². The van der Waals surface area contributed by atoms with Crippen LogP contribution in [-0.2, 0) is 4.79 Å². The second-order valence-electron chi connectivity index (χ2n) is 1.37. The van der Waals surface area contributed by atoms with Crippen LogP contribution in [0.1, 0.15) is 6.42 Å². The van der Waals surface area contributed by atoms with Crippen LogP contribution in [0.15, 0.2) is 0 Å². The Morgan fingerprint density at radius 3 is 1.62 bits per heavy atom. The fraction of sp³-hybridized carbons (Fsp3) is 0.750. The van der Waals surface area contributed by atoms with Crippen LogP contribution in [0, 0.1) is 0 Å². The first-order valence-electron chi connectivity index (χ1n) is 2.08. The quantitative estimate of drug-likeness (QED) is 0.484. The third kappa shape index (κ3) is 3.52. The van der Waals surface area contributed by atoms with Gasteiger partial charge in [0, 0.05) is 6.42 Å². The lowest BCUT2D eigenvalue weighted by molar-refractivity contribution is -0.122. The highest BCUT2D eigenvalue weighted by Gasteiger charge is 2.37. The molecule has 0 aliphatic heterocycles. The summed E-state index contributed by atoms with van der Waals surface area (Å²) >= 11 is 0. The molecule has 0 radical (unpaired) electrons. The van der Waals surface area contributed by atoms with Crippen LogP contribution < -0.4 is 0 Å². The predicted molar refractivity (Wildman–Crippen MR) is 23.1 cm³/mol. The van der Waals surface area contributed by atoms with Gasteiger partial charge in [0.15, 0.2) is 0 Å². The molecule has 1 N–H and O–H groups in total. The molecule has 0 aromatic rings. The van der Waals surface area contributed by atoms with Gasteiger partial charge < -0.3 is 5.11 Å². The molecule has 1 rings (SSSR count). The molecule has 1 fully saturated rings. The number of alkyl halides is 2. The lowest BCUT2D eigenvalue weighted by Gasteiger charge is -1.60. The lowest BCUT2D eigenvalue weighted by atomic mass is 10.9. The first-order valence-corrected chi connectivity index (χ1v) is 2.08. The Morgan fingerprint density at radius 2 is 1.62 bits per heavy atom. The number of carbonyl (C=O) groups is 1. The van der Waals surface area contributed by atoms with E-state index in [0.29, 0.717) is 0 Å². The molecule has 0 aromatic carbocycles. The normalized spacial score (nSPS) is 32.2. The summed E-state index contributed by atoms with van der Waals surface area (Å²) in [5.41, 5.74) is 0. The second kappa shape index (κ2) is 3.35. The maximum absolute atomic E-state index is 11.1. The number of carboxylic acid groups (broad SMARTS) is 1. The number of halogens is 2. The van der Waals surface area contributed by atoms with Crippen LogP contribution in [0.4, 0.5) is 8.78 Å².